The number of rotatable bonds is 6. The zero-order chi connectivity index (χ0) is 13.9. The summed E-state index contributed by atoms with van der Waals surface area (Å²) >= 11 is 7.87. The van der Waals surface area contributed by atoms with Gasteiger partial charge >= 0.3 is 0 Å². The van der Waals surface area contributed by atoms with Gasteiger partial charge in [-0.1, -0.05) is 0 Å². The molecule has 102 valence electrons. The third-order valence-corrected chi connectivity index (χ3v) is 6.72. The van der Waals surface area contributed by atoms with Crippen LogP contribution in [0.15, 0.2) is 13.6 Å². The first-order chi connectivity index (χ1) is 8.19. The highest BCUT2D eigenvalue weighted by Gasteiger charge is 2.17. The summed E-state index contributed by atoms with van der Waals surface area (Å²) in [5, 5.41) is 0. The molecule has 0 aliphatic carbocycles. The molecule has 0 bridgehead atoms. The van der Waals surface area contributed by atoms with Crippen molar-refractivity contribution >= 4 is 69.6 Å². The molecule has 4 nitrogen and oxygen atoms in total. The van der Waals surface area contributed by atoms with Gasteiger partial charge in [0.05, 0.1) is 19.1 Å². The molecular formula is C9H10Br2O4S3. The van der Waals surface area contributed by atoms with E-state index in [0.717, 1.165) is 10.0 Å². The normalized spacial score (nSPS) is 13.5. The van der Waals surface area contributed by atoms with Crippen LogP contribution in [0.3, 0.4) is 0 Å². The summed E-state index contributed by atoms with van der Waals surface area (Å²) in [7, 11) is -4.60. The summed E-state index contributed by atoms with van der Waals surface area (Å²) in [6.07, 6.45) is 1.08. The van der Waals surface area contributed by atoms with E-state index >= 15 is 0 Å². The molecule has 0 saturated heterocycles. The second-order valence-electron chi connectivity index (χ2n) is 3.58. The molecule has 1 unspecified atom stereocenters. The molecule has 0 aromatic carbocycles. The minimum atomic E-state index is -3.14. The Hall–Kier alpha value is 0.430. The van der Waals surface area contributed by atoms with Crippen molar-refractivity contribution in [2.45, 2.75) is 0 Å². The molecule has 0 aliphatic rings. The van der Waals surface area contributed by atoms with Crippen molar-refractivity contribution in [2.24, 2.45) is 0 Å². The van der Waals surface area contributed by atoms with Gasteiger partial charge < -0.3 is 0 Å². The van der Waals surface area contributed by atoms with Crippen molar-refractivity contribution in [3.63, 3.8) is 0 Å². The van der Waals surface area contributed by atoms with Crippen molar-refractivity contribution in [1.82, 2.24) is 0 Å². The molecule has 0 fully saturated rings. The van der Waals surface area contributed by atoms with Crippen molar-refractivity contribution < 1.29 is 17.4 Å². The van der Waals surface area contributed by atoms with Crippen LogP contribution in [0.25, 0.3) is 0 Å². The Morgan fingerprint density at radius 1 is 1.44 bits per heavy atom. The SMILES string of the molecule is CS(=O)(=O)CCS(=O)CC(=O)c1cc(Br)sc1Br. The number of Topliss-reactive ketones (excluding diaryl/α,β-unsaturated/α-hetero) is 1. The molecule has 0 saturated carbocycles. The third kappa shape index (κ3) is 5.60. The smallest absolute Gasteiger partial charge is 0.177 e. The maximum Gasteiger partial charge on any atom is 0.177 e. The molecule has 1 atom stereocenters. The first-order valence-electron chi connectivity index (χ1n) is 4.70. The summed E-state index contributed by atoms with van der Waals surface area (Å²) in [6, 6.07) is 1.66. The lowest BCUT2D eigenvalue weighted by atomic mass is 10.2. The van der Waals surface area contributed by atoms with Crippen LogP contribution in [-0.2, 0) is 20.6 Å². The lowest BCUT2D eigenvalue weighted by Crippen LogP contribution is -2.18. The minimum Gasteiger partial charge on any atom is -0.293 e. The predicted octanol–water partition coefficient (Wildman–Crippen LogP) is 2.25. The Morgan fingerprint density at radius 3 is 2.50 bits per heavy atom. The number of hydrogen-bond donors (Lipinski definition) is 0. The number of halogens is 2. The Bertz CT molecular complexity index is 577. The Kier molecular flexibility index (Phi) is 6.17. The number of carbonyl (C=O) groups is 1. The highest BCUT2D eigenvalue weighted by Crippen LogP contribution is 2.32. The van der Waals surface area contributed by atoms with Gasteiger partial charge in [0.15, 0.2) is 5.78 Å². The minimum absolute atomic E-state index is 0.00645. The van der Waals surface area contributed by atoms with E-state index in [4.69, 9.17) is 0 Å². The molecule has 1 rings (SSSR count). The van der Waals surface area contributed by atoms with Crippen LogP contribution < -0.4 is 0 Å². The van der Waals surface area contributed by atoms with Gasteiger partial charge in [0.2, 0.25) is 0 Å². The molecule has 0 spiro atoms. The van der Waals surface area contributed by atoms with Crippen molar-refractivity contribution in [3.8, 4) is 0 Å². The highest BCUT2D eigenvalue weighted by atomic mass is 79.9. The highest BCUT2D eigenvalue weighted by molar-refractivity contribution is 9.12. The van der Waals surface area contributed by atoms with E-state index in [9.17, 15) is 17.4 Å². The van der Waals surface area contributed by atoms with Gasteiger partial charge in [0.1, 0.15) is 9.84 Å². The maximum absolute atomic E-state index is 11.8. The van der Waals surface area contributed by atoms with Crippen molar-refractivity contribution in [1.29, 1.82) is 0 Å². The average Bonchev–Trinajstić information content (AvgIpc) is 2.54. The van der Waals surface area contributed by atoms with E-state index in [0.29, 0.717) is 9.35 Å². The Labute approximate surface area is 129 Å². The van der Waals surface area contributed by atoms with Crippen LogP contribution in [-0.4, -0.2) is 41.9 Å². The maximum atomic E-state index is 11.8. The van der Waals surface area contributed by atoms with Gasteiger partial charge in [-0.05, 0) is 37.9 Å². The molecule has 18 heavy (non-hydrogen) atoms. The number of thiophene rings is 1. The molecule has 0 amide bonds. The number of ketones is 1. The van der Waals surface area contributed by atoms with Crippen LogP contribution >= 0.6 is 43.2 Å². The quantitative estimate of drug-likeness (QED) is 0.640. The zero-order valence-electron chi connectivity index (χ0n) is 9.31. The largest absolute Gasteiger partial charge is 0.293 e. The summed E-state index contributed by atoms with van der Waals surface area (Å²) in [6.45, 7) is 0. The summed E-state index contributed by atoms with van der Waals surface area (Å²) < 4.78 is 34.9. The first-order valence-corrected chi connectivity index (χ1v) is 10.6. The molecule has 0 radical (unpaired) electrons. The summed E-state index contributed by atoms with van der Waals surface area (Å²) in [5.41, 5.74) is 0.472. The van der Waals surface area contributed by atoms with Crippen molar-refractivity contribution in [3.05, 3.63) is 19.2 Å². The van der Waals surface area contributed by atoms with E-state index in [1.165, 1.54) is 11.3 Å². The molecule has 1 aromatic rings. The fourth-order valence-electron chi connectivity index (χ4n) is 1.07. The van der Waals surface area contributed by atoms with Gasteiger partial charge in [-0.15, -0.1) is 11.3 Å². The van der Waals surface area contributed by atoms with Crippen LogP contribution in [0.2, 0.25) is 0 Å². The third-order valence-electron chi connectivity index (χ3n) is 1.93. The van der Waals surface area contributed by atoms with Gasteiger partial charge in [0, 0.05) is 28.4 Å². The second-order valence-corrected chi connectivity index (χ2v) is 11.2. The summed E-state index contributed by atoms with van der Waals surface area (Å²) in [4.78, 5) is 11.8. The van der Waals surface area contributed by atoms with Gasteiger partial charge in [0.25, 0.3) is 0 Å². The predicted molar refractivity (Wildman–Crippen MR) is 81.6 cm³/mol. The van der Waals surface area contributed by atoms with Crippen molar-refractivity contribution in [2.75, 3.05) is 23.5 Å². The molecular weight excluding hydrogens is 428 g/mol. The Balaban J connectivity index is 2.60. The molecule has 1 aromatic heterocycles. The standard InChI is InChI=1S/C9H10Br2O4S3/c1-18(14,15)3-2-17(13)5-7(12)6-4-8(10)16-9(6)11/h4H,2-3,5H2,1H3. The number of sulfone groups is 1. The van der Waals surface area contributed by atoms with E-state index in [2.05, 4.69) is 31.9 Å². The molecule has 1 heterocycles. The number of carbonyl (C=O) groups excluding carboxylic acids is 1. The van der Waals surface area contributed by atoms with E-state index in [-0.39, 0.29) is 23.0 Å². The number of hydrogen-bond acceptors (Lipinski definition) is 5. The average molecular weight is 438 g/mol. The van der Waals surface area contributed by atoms with Gasteiger partial charge in [-0.3, -0.25) is 9.00 Å². The lowest BCUT2D eigenvalue weighted by molar-refractivity contribution is 0.102. The molecule has 0 N–H and O–H groups in total. The van der Waals surface area contributed by atoms with Crippen LogP contribution in [0.5, 0.6) is 0 Å². The lowest BCUT2D eigenvalue weighted by Gasteiger charge is -2.00. The van der Waals surface area contributed by atoms with E-state index < -0.39 is 20.6 Å². The molecule has 9 heteroatoms. The van der Waals surface area contributed by atoms with Crippen LogP contribution in [0.4, 0.5) is 0 Å². The second kappa shape index (κ2) is 6.74. The fraction of sp³-hybridized carbons (Fsp3) is 0.444. The van der Waals surface area contributed by atoms with E-state index in [1.807, 2.05) is 0 Å². The van der Waals surface area contributed by atoms with Gasteiger partial charge in [-0.25, -0.2) is 8.42 Å². The molecule has 0 aliphatic heterocycles. The van der Waals surface area contributed by atoms with E-state index in [1.54, 1.807) is 6.07 Å². The van der Waals surface area contributed by atoms with Crippen LogP contribution in [0.1, 0.15) is 10.4 Å². The van der Waals surface area contributed by atoms with Gasteiger partial charge in [-0.2, -0.15) is 0 Å². The monoisotopic (exact) mass is 436 g/mol. The topological polar surface area (TPSA) is 68.3 Å². The first kappa shape index (κ1) is 16.5. The summed E-state index contributed by atoms with van der Waals surface area (Å²) in [5.74, 6) is -0.581. The van der Waals surface area contributed by atoms with Crippen LogP contribution in [0, 0.1) is 0 Å². The zero-order valence-corrected chi connectivity index (χ0v) is 14.9. The fourth-order valence-corrected chi connectivity index (χ4v) is 6.47. The Morgan fingerprint density at radius 2 is 2.06 bits per heavy atom.